The Balaban J connectivity index is 2.15. The van der Waals surface area contributed by atoms with Crippen LogP contribution in [0.15, 0.2) is 41.3 Å². The van der Waals surface area contributed by atoms with Crippen molar-refractivity contribution in [1.82, 2.24) is 5.32 Å². The van der Waals surface area contributed by atoms with Crippen molar-refractivity contribution in [2.45, 2.75) is 28.5 Å². The van der Waals surface area contributed by atoms with Crippen LogP contribution in [0.25, 0.3) is 0 Å². The van der Waals surface area contributed by atoms with Crippen molar-refractivity contribution in [2.24, 2.45) is 0 Å². The molecule has 0 saturated carbocycles. The third-order valence-electron chi connectivity index (χ3n) is 3.59. The van der Waals surface area contributed by atoms with Crippen molar-refractivity contribution in [3.8, 4) is 0 Å². The molecule has 0 radical (unpaired) electrons. The van der Waals surface area contributed by atoms with Gasteiger partial charge in [0.1, 0.15) is 0 Å². The molecule has 0 saturated heterocycles. The van der Waals surface area contributed by atoms with Crippen molar-refractivity contribution in [3.05, 3.63) is 42.0 Å². The summed E-state index contributed by atoms with van der Waals surface area (Å²) in [6.07, 6.45) is 6.94. The van der Waals surface area contributed by atoms with Crippen molar-refractivity contribution in [2.75, 3.05) is 7.05 Å². The van der Waals surface area contributed by atoms with E-state index in [4.69, 9.17) is 0 Å². The van der Waals surface area contributed by atoms with Gasteiger partial charge in [0.05, 0.1) is 5.54 Å². The molecule has 0 aromatic heterocycles. The van der Waals surface area contributed by atoms with E-state index in [1.807, 2.05) is 11.8 Å². The van der Waals surface area contributed by atoms with E-state index in [1.165, 1.54) is 16.9 Å². The predicted molar refractivity (Wildman–Crippen MR) is 65.2 cm³/mol. The summed E-state index contributed by atoms with van der Waals surface area (Å²) < 4.78 is 0. The standard InChI is InChI=1S/C13H15NS/c1-14-13-9-5-4-8-12(13)15-11-7-3-2-6-10(11)13/h2-7,12,14H,8-9H2,1H3/i1+1. The van der Waals surface area contributed by atoms with Crippen molar-refractivity contribution < 1.29 is 0 Å². The average molecular weight is 218 g/mol. The summed E-state index contributed by atoms with van der Waals surface area (Å²) in [6, 6.07) is 8.81. The molecule has 0 amide bonds. The monoisotopic (exact) mass is 218 g/mol. The van der Waals surface area contributed by atoms with E-state index in [0.717, 1.165) is 6.42 Å². The maximum Gasteiger partial charge on any atom is 0.0604 e. The summed E-state index contributed by atoms with van der Waals surface area (Å²) in [4.78, 5) is 1.46. The highest BCUT2D eigenvalue weighted by atomic mass is 32.2. The molecule has 0 spiro atoms. The average Bonchev–Trinajstić information content (AvgIpc) is 2.64. The van der Waals surface area contributed by atoms with Gasteiger partial charge in [-0.05, 0) is 31.5 Å². The highest BCUT2D eigenvalue weighted by molar-refractivity contribution is 8.00. The summed E-state index contributed by atoms with van der Waals surface area (Å²) >= 11 is 2.03. The molecule has 2 atom stereocenters. The highest BCUT2D eigenvalue weighted by Gasteiger charge is 2.46. The Bertz CT molecular complexity index is 413. The Labute approximate surface area is 95.0 Å². The van der Waals surface area contributed by atoms with Crippen LogP contribution in [0.5, 0.6) is 0 Å². The molecule has 1 aromatic rings. The van der Waals surface area contributed by atoms with E-state index >= 15 is 0 Å². The van der Waals surface area contributed by atoms with E-state index in [-0.39, 0.29) is 5.54 Å². The first-order chi connectivity index (χ1) is 7.37. The van der Waals surface area contributed by atoms with Gasteiger partial charge in [0.2, 0.25) is 0 Å². The Morgan fingerprint density at radius 3 is 3.07 bits per heavy atom. The fourth-order valence-electron chi connectivity index (χ4n) is 2.74. The molecule has 1 aliphatic carbocycles. The van der Waals surface area contributed by atoms with E-state index in [9.17, 15) is 0 Å². The first-order valence-electron chi connectivity index (χ1n) is 5.47. The Morgan fingerprint density at radius 2 is 2.20 bits per heavy atom. The first-order valence-corrected chi connectivity index (χ1v) is 6.35. The van der Waals surface area contributed by atoms with Crippen LogP contribution in [0, 0.1) is 0 Å². The summed E-state index contributed by atoms with van der Waals surface area (Å²) in [5, 5.41) is 4.23. The molecule has 3 rings (SSSR count). The number of nitrogens with one attached hydrogen (secondary N) is 1. The smallest absolute Gasteiger partial charge is 0.0604 e. The fourth-order valence-corrected chi connectivity index (χ4v) is 4.33. The Kier molecular flexibility index (Phi) is 2.15. The third kappa shape index (κ3) is 1.21. The molecular formula is C13H15NS. The van der Waals surface area contributed by atoms with Crippen molar-refractivity contribution in [1.29, 1.82) is 0 Å². The van der Waals surface area contributed by atoms with Gasteiger partial charge in [-0.25, -0.2) is 0 Å². The lowest BCUT2D eigenvalue weighted by molar-refractivity contribution is 0.344. The molecule has 2 unspecified atom stereocenters. The van der Waals surface area contributed by atoms with Crippen LogP contribution >= 0.6 is 11.8 Å². The van der Waals surface area contributed by atoms with Crippen LogP contribution in [-0.4, -0.2) is 12.3 Å². The van der Waals surface area contributed by atoms with Crippen LogP contribution in [0.3, 0.4) is 0 Å². The van der Waals surface area contributed by atoms with Crippen LogP contribution < -0.4 is 5.32 Å². The van der Waals surface area contributed by atoms with Gasteiger partial charge in [-0.2, -0.15) is 0 Å². The number of hydrogen-bond acceptors (Lipinski definition) is 2. The molecule has 1 aromatic carbocycles. The first kappa shape index (κ1) is 9.49. The predicted octanol–water partition coefficient (Wildman–Crippen LogP) is 2.93. The van der Waals surface area contributed by atoms with Gasteiger partial charge in [0.15, 0.2) is 0 Å². The minimum absolute atomic E-state index is 0.190. The lowest BCUT2D eigenvalue weighted by Crippen LogP contribution is -2.46. The molecule has 0 fully saturated rings. The van der Waals surface area contributed by atoms with Gasteiger partial charge in [-0.3, -0.25) is 0 Å². The number of fused-ring (bicyclic) bond motifs is 3. The molecule has 1 N–H and O–H groups in total. The fraction of sp³-hybridized carbons (Fsp3) is 0.385. The maximum atomic E-state index is 3.56. The Hall–Kier alpha value is -0.730. The summed E-state index contributed by atoms with van der Waals surface area (Å²) in [5.41, 5.74) is 1.68. The second-order valence-electron chi connectivity index (χ2n) is 4.24. The largest absolute Gasteiger partial charge is 0.309 e. The van der Waals surface area contributed by atoms with Crippen LogP contribution in [0.4, 0.5) is 0 Å². The SMILES string of the molecule is [13CH3]NC12CC=CCC1Sc1ccccc12. The van der Waals surface area contributed by atoms with Crippen molar-refractivity contribution in [3.63, 3.8) is 0 Å². The summed E-state index contributed by atoms with van der Waals surface area (Å²) in [5.74, 6) is 0. The quantitative estimate of drug-likeness (QED) is 0.574. The number of thioether (sulfide) groups is 1. The normalized spacial score (nSPS) is 32.5. The minimum atomic E-state index is 0.190. The molecule has 2 heteroatoms. The number of allylic oxidation sites excluding steroid dienone is 1. The second-order valence-corrected chi connectivity index (χ2v) is 5.48. The maximum absolute atomic E-state index is 3.56. The van der Waals surface area contributed by atoms with E-state index in [1.54, 1.807) is 0 Å². The van der Waals surface area contributed by atoms with Crippen LogP contribution in [-0.2, 0) is 5.54 Å². The molecular weight excluding hydrogens is 203 g/mol. The molecule has 1 heterocycles. The second kappa shape index (κ2) is 3.39. The van der Waals surface area contributed by atoms with E-state index < -0.39 is 0 Å². The lowest BCUT2D eigenvalue weighted by Gasteiger charge is -2.36. The summed E-state index contributed by atoms with van der Waals surface area (Å²) in [6.45, 7) is 0. The van der Waals surface area contributed by atoms with Gasteiger partial charge in [0, 0.05) is 10.1 Å². The zero-order valence-electron chi connectivity index (χ0n) is 8.86. The van der Waals surface area contributed by atoms with Crippen LogP contribution in [0.2, 0.25) is 0 Å². The summed E-state index contributed by atoms with van der Waals surface area (Å²) in [7, 11) is 2.09. The van der Waals surface area contributed by atoms with Crippen molar-refractivity contribution >= 4 is 11.8 Å². The van der Waals surface area contributed by atoms with E-state index in [0.29, 0.717) is 5.25 Å². The topological polar surface area (TPSA) is 12.0 Å². The molecule has 78 valence electrons. The number of benzene rings is 1. The Morgan fingerprint density at radius 1 is 1.33 bits per heavy atom. The molecule has 0 bridgehead atoms. The zero-order chi connectivity index (χ0) is 10.3. The molecule has 15 heavy (non-hydrogen) atoms. The third-order valence-corrected chi connectivity index (χ3v) is 5.08. The molecule has 2 aliphatic rings. The van der Waals surface area contributed by atoms with E-state index in [2.05, 4.69) is 48.8 Å². The molecule has 1 nitrogen and oxygen atoms in total. The van der Waals surface area contributed by atoms with Gasteiger partial charge < -0.3 is 5.32 Å². The van der Waals surface area contributed by atoms with Gasteiger partial charge in [0.25, 0.3) is 0 Å². The van der Waals surface area contributed by atoms with Gasteiger partial charge in [-0.1, -0.05) is 30.4 Å². The zero-order valence-corrected chi connectivity index (χ0v) is 9.68. The van der Waals surface area contributed by atoms with Crippen LogP contribution in [0.1, 0.15) is 18.4 Å². The molecule has 1 aliphatic heterocycles. The number of rotatable bonds is 1. The van der Waals surface area contributed by atoms with Gasteiger partial charge in [-0.15, -0.1) is 11.8 Å². The van der Waals surface area contributed by atoms with Gasteiger partial charge >= 0.3 is 0 Å². The highest BCUT2D eigenvalue weighted by Crippen LogP contribution is 2.52. The lowest BCUT2D eigenvalue weighted by atomic mass is 9.80. The minimum Gasteiger partial charge on any atom is -0.309 e. The number of hydrogen-bond donors (Lipinski definition) is 1.